The molecule has 28 heavy (non-hydrogen) atoms. The summed E-state index contributed by atoms with van der Waals surface area (Å²) in [6.07, 6.45) is 0.537. The lowest BCUT2D eigenvalue weighted by atomic mass is 10.2. The lowest BCUT2D eigenvalue weighted by Crippen LogP contribution is -2.38. The van der Waals surface area contributed by atoms with Crippen molar-refractivity contribution in [1.29, 1.82) is 0 Å². The highest BCUT2D eigenvalue weighted by atomic mass is 127. The number of hydrogen-bond acceptors (Lipinski definition) is 5. The van der Waals surface area contributed by atoms with Crippen LogP contribution in [0.5, 0.6) is 0 Å². The number of rotatable bonds is 9. The highest BCUT2D eigenvalue weighted by molar-refractivity contribution is 14.0. The number of hydrogen-bond donors (Lipinski definition) is 2. The summed E-state index contributed by atoms with van der Waals surface area (Å²) in [7, 11) is -3.11. The minimum absolute atomic E-state index is 0. The lowest BCUT2D eigenvalue weighted by molar-refractivity contribution is 0.591. The number of nitrogens with zero attached hydrogens (tertiary/aromatic N) is 2. The van der Waals surface area contributed by atoms with Gasteiger partial charge in [0.25, 0.3) is 0 Å². The number of halogens is 1. The Labute approximate surface area is 189 Å². The molecule has 9 heteroatoms. The SMILES string of the molecule is CCNC(=NCc1nc(C)c(C)s1)NCCCS(=O)(=O)Cc1ccccc1.I. The van der Waals surface area contributed by atoms with Gasteiger partial charge in [-0.1, -0.05) is 30.3 Å². The van der Waals surface area contributed by atoms with Gasteiger partial charge in [-0.05, 0) is 32.8 Å². The third-order valence-electron chi connectivity index (χ3n) is 3.94. The van der Waals surface area contributed by atoms with Crippen molar-refractivity contribution in [3.8, 4) is 0 Å². The van der Waals surface area contributed by atoms with Crippen LogP contribution in [0.4, 0.5) is 0 Å². The maximum absolute atomic E-state index is 12.2. The predicted octanol–water partition coefficient (Wildman–Crippen LogP) is 3.44. The van der Waals surface area contributed by atoms with Gasteiger partial charge < -0.3 is 10.6 Å². The highest BCUT2D eigenvalue weighted by Crippen LogP contribution is 2.16. The summed E-state index contributed by atoms with van der Waals surface area (Å²) in [5.41, 5.74) is 1.88. The topological polar surface area (TPSA) is 83.4 Å². The zero-order chi connectivity index (χ0) is 19.7. The first-order chi connectivity index (χ1) is 12.9. The molecule has 1 aromatic heterocycles. The van der Waals surface area contributed by atoms with Crippen molar-refractivity contribution in [3.63, 3.8) is 0 Å². The van der Waals surface area contributed by atoms with Gasteiger partial charge in [0.2, 0.25) is 0 Å². The molecule has 0 spiro atoms. The average molecular weight is 537 g/mol. The smallest absolute Gasteiger partial charge is 0.191 e. The Balaban J connectivity index is 0.00000392. The molecule has 0 bridgehead atoms. The number of aromatic nitrogens is 1. The Bertz CT molecular complexity index is 833. The number of nitrogens with one attached hydrogen (secondary N) is 2. The van der Waals surface area contributed by atoms with E-state index in [4.69, 9.17) is 0 Å². The van der Waals surface area contributed by atoms with Gasteiger partial charge in [-0.2, -0.15) is 0 Å². The summed E-state index contributed by atoms with van der Waals surface area (Å²) < 4.78 is 24.5. The quantitative estimate of drug-likeness (QED) is 0.222. The second-order valence-electron chi connectivity index (χ2n) is 6.30. The molecule has 2 N–H and O–H groups in total. The van der Waals surface area contributed by atoms with Gasteiger partial charge in [0.1, 0.15) is 5.01 Å². The molecule has 0 radical (unpaired) electrons. The molecule has 2 rings (SSSR count). The Morgan fingerprint density at radius 1 is 1.18 bits per heavy atom. The zero-order valence-corrected chi connectivity index (χ0v) is 20.5. The highest BCUT2D eigenvalue weighted by Gasteiger charge is 2.11. The maximum atomic E-state index is 12.2. The number of thiazole rings is 1. The van der Waals surface area contributed by atoms with Crippen molar-refractivity contribution in [3.05, 3.63) is 51.5 Å². The fourth-order valence-corrected chi connectivity index (χ4v) is 4.78. The summed E-state index contributed by atoms with van der Waals surface area (Å²) in [5, 5.41) is 7.36. The van der Waals surface area contributed by atoms with Crippen LogP contribution >= 0.6 is 35.3 Å². The van der Waals surface area contributed by atoms with Gasteiger partial charge in [0.15, 0.2) is 15.8 Å². The van der Waals surface area contributed by atoms with Gasteiger partial charge in [0.05, 0.1) is 23.7 Å². The van der Waals surface area contributed by atoms with Gasteiger partial charge in [0, 0.05) is 18.0 Å². The van der Waals surface area contributed by atoms with Gasteiger partial charge in [-0.3, -0.25) is 0 Å². The number of guanidine groups is 1. The van der Waals surface area contributed by atoms with E-state index in [1.54, 1.807) is 11.3 Å². The molecule has 1 aromatic carbocycles. The Kier molecular flexibility index (Phi) is 11.0. The summed E-state index contributed by atoms with van der Waals surface area (Å²) >= 11 is 1.65. The van der Waals surface area contributed by atoms with Crippen molar-refractivity contribution in [2.45, 2.75) is 39.5 Å². The minimum Gasteiger partial charge on any atom is -0.357 e. The molecule has 0 aliphatic heterocycles. The van der Waals surface area contributed by atoms with E-state index in [1.807, 2.05) is 44.2 Å². The Morgan fingerprint density at radius 2 is 1.89 bits per heavy atom. The van der Waals surface area contributed by atoms with E-state index in [2.05, 4.69) is 27.5 Å². The minimum atomic E-state index is -3.11. The number of benzene rings is 1. The lowest BCUT2D eigenvalue weighted by Gasteiger charge is -2.11. The van der Waals surface area contributed by atoms with E-state index in [9.17, 15) is 8.42 Å². The average Bonchev–Trinajstić information content (AvgIpc) is 2.95. The molecule has 0 saturated heterocycles. The van der Waals surface area contributed by atoms with E-state index < -0.39 is 9.84 Å². The zero-order valence-electron chi connectivity index (χ0n) is 16.6. The number of sulfone groups is 1. The fourth-order valence-electron chi connectivity index (χ4n) is 2.49. The summed E-state index contributed by atoms with van der Waals surface area (Å²) in [4.78, 5) is 10.2. The molecule has 6 nitrogen and oxygen atoms in total. The van der Waals surface area contributed by atoms with Crippen LogP contribution < -0.4 is 10.6 Å². The molecule has 0 aliphatic rings. The molecule has 0 unspecified atom stereocenters. The third-order valence-corrected chi connectivity index (χ3v) is 6.68. The largest absolute Gasteiger partial charge is 0.357 e. The predicted molar refractivity (Wildman–Crippen MR) is 128 cm³/mol. The van der Waals surface area contributed by atoms with E-state index in [0.717, 1.165) is 22.8 Å². The van der Waals surface area contributed by atoms with Crippen molar-refractivity contribution in [2.24, 2.45) is 4.99 Å². The van der Waals surface area contributed by atoms with Crippen molar-refractivity contribution >= 4 is 51.1 Å². The third kappa shape index (κ3) is 8.87. The van der Waals surface area contributed by atoms with Crippen LogP contribution in [0.3, 0.4) is 0 Å². The standard InChI is InChI=1S/C19H28N4O2S2.HI/c1-4-20-19(22-13-18-23-15(2)16(3)26-18)21-11-8-12-27(24,25)14-17-9-6-5-7-10-17;/h5-7,9-10H,4,8,11-14H2,1-3H3,(H2,20,21,22);1H. The Hall–Kier alpha value is -1.20. The van der Waals surface area contributed by atoms with Crippen molar-refractivity contribution < 1.29 is 8.42 Å². The summed E-state index contributed by atoms with van der Waals surface area (Å²) in [5.74, 6) is 0.924. The van der Waals surface area contributed by atoms with E-state index in [-0.39, 0.29) is 35.5 Å². The van der Waals surface area contributed by atoms with Crippen LogP contribution in [-0.4, -0.2) is 38.2 Å². The fraction of sp³-hybridized carbons (Fsp3) is 0.474. The second kappa shape index (κ2) is 12.4. The van der Waals surface area contributed by atoms with Gasteiger partial charge in [-0.25, -0.2) is 18.4 Å². The molecule has 156 valence electrons. The van der Waals surface area contributed by atoms with Crippen LogP contribution in [0.15, 0.2) is 35.3 Å². The molecule has 0 fully saturated rings. The molecule has 2 aromatic rings. The number of aryl methyl sites for hydroxylation is 2. The Morgan fingerprint density at radius 3 is 2.50 bits per heavy atom. The van der Waals surface area contributed by atoms with Gasteiger partial charge in [-0.15, -0.1) is 35.3 Å². The molecule has 0 saturated carbocycles. The maximum Gasteiger partial charge on any atom is 0.191 e. The van der Waals surface area contributed by atoms with E-state index >= 15 is 0 Å². The van der Waals surface area contributed by atoms with Crippen molar-refractivity contribution in [2.75, 3.05) is 18.8 Å². The van der Waals surface area contributed by atoms with E-state index in [1.165, 1.54) is 4.88 Å². The van der Waals surface area contributed by atoms with Crippen LogP contribution in [0.1, 0.15) is 34.5 Å². The summed E-state index contributed by atoms with van der Waals surface area (Å²) in [6.45, 7) is 7.86. The summed E-state index contributed by atoms with van der Waals surface area (Å²) in [6, 6.07) is 9.28. The molecular formula is C19H29IN4O2S2. The first-order valence-corrected chi connectivity index (χ1v) is 11.7. The second-order valence-corrected chi connectivity index (χ2v) is 9.77. The van der Waals surface area contributed by atoms with Crippen LogP contribution in [0, 0.1) is 13.8 Å². The monoisotopic (exact) mass is 536 g/mol. The number of aliphatic imine (C=N–C) groups is 1. The first-order valence-electron chi connectivity index (χ1n) is 9.09. The van der Waals surface area contributed by atoms with Crippen LogP contribution in [0.25, 0.3) is 0 Å². The van der Waals surface area contributed by atoms with E-state index in [0.29, 0.717) is 25.5 Å². The van der Waals surface area contributed by atoms with Gasteiger partial charge >= 0.3 is 0 Å². The van der Waals surface area contributed by atoms with Crippen LogP contribution in [-0.2, 0) is 22.1 Å². The molecule has 0 amide bonds. The van der Waals surface area contributed by atoms with Crippen LogP contribution in [0.2, 0.25) is 0 Å². The molecule has 0 atom stereocenters. The molecular weight excluding hydrogens is 507 g/mol. The normalized spacial score (nSPS) is 11.8. The molecule has 1 heterocycles. The molecule has 0 aliphatic carbocycles. The first kappa shape index (κ1) is 24.8. The van der Waals surface area contributed by atoms with Crippen molar-refractivity contribution in [1.82, 2.24) is 15.6 Å².